The molecule has 0 unspecified atom stereocenters. The third-order valence-electron chi connectivity index (χ3n) is 2.89. The summed E-state index contributed by atoms with van der Waals surface area (Å²) in [5, 5.41) is 3.24. The van der Waals surface area contributed by atoms with E-state index in [-0.39, 0.29) is 0 Å². The van der Waals surface area contributed by atoms with Crippen molar-refractivity contribution >= 4 is 28.7 Å². The van der Waals surface area contributed by atoms with Crippen molar-refractivity contribution in [3.8, 4) is 0 Å². The molecule has 0 fully saturated rings. The van der Waals surface area contributed by atoms with Gasteiger partial charge in [-0.3, -0.25) is 0 Å². The number of nitrogens with zero attached hydrogens (tertiary/aromatic N) is 1. The summed E-state index contributed by atoms with van der Waals surface area (Å²) in [6.45, 7) is 4.35. The van der Waals surface area contributed by atoms with Gasteiger partial charge in [0.1, 0.15) is 10.8 Å². The van der Waals surface area contributed by atoms with E-state index in [0.717, 1.165) is 17.1 Å². The lowest BCUT2D eigenvalue weighted by molar-refractivity contribution is 0.867. The topological polar surface area (TPSA) is 50.9 Å². The quantitative estimate of drug-likeness (QED) is 0.834. The highest BCUT2D eigenvalue weighted by Crippen LogP contribution is 2.20. The van der Waals surface area contributed by atoms with Crippen molar-refractivity contribution in [2.24, 2.45) is 5.73 Å². The maximum Gasteiger partial charge on any atom is 0.130 e. The third kappa shape index (κ3) is 3.51. The highest BCUT2D eigenvalue weighted by Gasteiger charge is 2.02. The van der Waals surface area contributed by atoms with Gasteiger partial charge < -0.3 is 11.1 Å². The van der Waals surface area contributed by atoms with Crippen molar-refractivity contribution < 1.29 is 0 Å². The molecule has 0 saturated heterocycles. The number of benzene rings is 1. The second-order valence-electron chi connectivity index (χ2n) is 4.70. The predicted molar refractivity (Wildman–Crippen MR) is 83.9 cm³/mol. The van der Waals surface area contributed by atoms with Crippen LogP contribution in [0.1, 0.15) is 30.9 Å². The van der Waals surface area contributed by atoms with Gasteiger partial charge in [0.25, 0.3) is 0 Å². The number of pyridine rings is 1. The van der Waals surface area contributed by atoms with Crippen molar-refractivity contribution in [1.29, 1.82) is 0 Å². The van der Waals surface area contributed by atoms with Crippen LogP contribution in [-0.2, 0) is 0 Å². The molecule has 2 rings (SSSR count). The minimum absolute atomic E-state index is 0.376. The molecule has 0 aliphatic carbocycles. The van der Waals surface area contributed by atoms with E-state index >= 15 is 0 Å². The Balaban J connectivity index is 2.16. The summed E-state index contributed by atoms with van der Waals surface area (Å²) in [6, 6.07) is 12.0. The Morgan fingerprint density at radius 2 is 1.89 bits per heavy atom. The fourth-order valence-corrected chi connectivity index (χ4v) is 1.88. The van der Waals surface area contributed by atoms with Crippen LogP contribution in [0, 0.1) is 0 Å². The van der Waals surface area contributed by atoms with E-state index in [1.165, 1.54) is 5.56 Å². The second kappa shape index (κ2) is 5.80. The van der Waals surface area contributed by atoms with Crippen LogP contribution in [0.2, 0.25) is 0 Å². The SMILES string of the molecule is CC(C)c1ccc(Nc2cc(C(N)=S)ccn2)cc1. The third-order valence-corrected chi connectivity index (χ3v) is 3.13. The van der Waals surface area contributed by atoms with Crippen molar-refractivity contribution in [3.63, 3.8) is 0 Å². The standard InChI is InChI=1S/C15H17N3S/c1-10(2)11-3-5-13(6-4-11)18-14-9-12(15(16)19)7-8-17-14/h3-10H,1-2H3,(H2,16,19)(H,17,18). The average molecular weight is 271 g/mol. The zero-order chi connectivity index (χ0) is 13.8. The summed E-state index contributed by atoms with van der Waals surface area (Å²) in [7, 11) is 0. The van der Waals surface area contributed by atoms with Crippen molar-refractivity contribution in [3.05, 3.63) is 53.7 Å². The molecule has 0 aliphatic rings. The molecule has 98 valence electrons. The molecule has 19 heavy (non-hydrogen) atoms. The minimum Gasteiger partial charge on any atom is -0.389 e. The number of nitrogens with one attached hydrogen (secondary N) is 1. The smallest absolute Gasteiger partial charge is 0.130 e. The first kappa shape index (κ1) is 13.5. The molecule has 1 heterocycles. The lowest BCUT2D eigenvalue weighted by atomic mass is 10.0. The van der Waals surface area contributed by atoms with E-state index in [1.807, 2.05) is 18.2 Å². The molecule has 1 aromatic heterocycles. The highest BCUT2D eigenvalue weighted by atomic mass is 32.1. The van der Waals surface area contributed by atoms with Crippen LogP contribution >= 0.6 is 12.2 Å². The van der Waals surface area contributed by atoms with Crippen LogP contribution in [0.15, 0.2) is 42.6 Å². The monoisotopic (exact) mass is 271 g/mol. The fourth-order valence-electron chi connectivity index (χ4n) is 1.75. The van der Waals surface area contributed by atoms with Crippen molar-refractivity contribution in [1.82, 2.24) is 4.98 Å². The molecule has 4 heteroatoms. The number of anilines is 2. The number of hydrogen-bond acceptors (Lipinski definition) is 3. The van der Waals surface area contributed by atoms with Gasteiger partial charge >= 0.3 is 0 Å². The van der Waals surface area contributed by atoms with Gasteiger partial charge in [0, 0.05) is 17.4 Å². The maximum absolute atomic E-state index is 5.61. The average Bonchev–Trinajstić information content (AvgIpc) is 2.39. The van der Waals surface area contributed by atoms with E-state index in [4.69, 9.17) is 18.0 Å². The van der Waals surface area contributed by atoms with Crippen LogP contribution in [0.25, 0.3) is 0 Å². The van der Waals surface area contributed by atoms with E-state index < -0.39 is 0 Å². The highest BCUT2D eigenvalue weighted by molar-refractivity contribution is 7.80. The zero-order valence-electron chi connectivity index (χ0n) is 11.1. The molecule has 0 aliphatic heterocycles. The molecule has 2 aromatic rings. The van der Waals surface area contributed by atoms with E-state index in [0.29, 0.717) is 10.9 Å². The van der Waals surface area contributed by atoms with E-state index in [9.17, 15) is 0 Å². The Morgan fingerprint density at radius 3 is 2.47 bits per heavy atom. The van der Waals surface area contributed by atoms with Gasteiger partial charge in [-0.15, -0.1) is 0 Å². The summed E-state index contributed by atoms with van der Waals surface area (Å²) in [5.41, 5.74) is 8.73. The molecular weight excluding hydrogens is 254 g/mol. The van der Waals surface area contributed by atoms with Crippen molar-refractivity contribution in [2.75, 3.05) is 5.32 Å². The molecule has 3 N–H and O–H groups in total. The van der Waals surface area contributed by atoms with Crippen LogP contribution in [0.4, 0.5) is 11.5 Å². The van der Waals surface area contributed by atoms with E-state index in [2.05, 4.69) is 36.3 Å². The van der Waals surface area contributed by atoms with Crippen molar-refractivity contribution in [2.45, 2.75) is 19.8 Å². The van der Waals surface area contributed by atoms with Gasteiger partial charge in [-0.2, -0.15) is 0 Å². The summed E-state index contributed by atoms with van der Waals surface area (Å²) in [6.07, 6.45) is 1.69. The van der Waals surface area contributed by atoms with Gasteiger partial charge in [0.05, 0.1) is 0 Å². The maximum atomic E-state index is 5.61. The van der Waals surface area contributed by atoms with Gasteiger partial charge in [-0.25, -0.2) is 4.98 Å². The molecule has 0 spiro atoms. The number of aromatic nitrogens is 1. The Labute approximate surface area is 118 Å². The fraction of sp³-hybridized carbons (Fsp3) is 0.200. The van der Waals surface area contributed by atoms with Gasteiger partial charge in [-0.1, -0.05) is 38.2 Å². The van der Waals surface area contributed by atoms with Crippen LogP contribution in [0.3, 0.4) is 0 Å². The largest absolute Gasteiger partial charge is 0.389 e. The minimum atomic E-state index is 0.376. The summed E-state index contributed by atoms with van der Waals surface area (Å²) in [4.78, 5) is 4.62. The number of hydrogen-bond donors (Lipinski definition) is 2. The molecular formula is C15H17N3S. The lowest BCUT2D eigenvalue weighted by Crippen LogP contribution is -2.09. The molecule has 1 aromatic carbocycles. The van der Waals surface area contributed by atoms with Gasteiger partial charge in [0.2, 0.25) is 0 Å². The Kier molecular flexibility index (Phi) is 4.12. The van der Waals surface area contributed by atoms with Gasteiger partial charge in [-0.05, 0) is 35.7 Å². The van der Waals surface area contributed by atoms with Crippen LogP contribution < -0.4 is 11.1 Å². The van der Waals surface area contributed by atoms with E-state index in [1.54, 1.807) is 12.3 Å². The van der Waals surface area contributed by atoms with Gasteiger partial charge in [0.15, 0.2) is 0 Å². The first-order valence-corrected chi connectivity index (χ1v) is 6.60. The summed E-state index contributed by atoms with van der Waals surface area (Å²) >= 11 is 4.95. The Bertz CT molecular complexity index is 576. The molecule has 0 amide bonds. The molecule has 0 radical (unpaired) electrons. The molecule has 0 saturated carbocycles. The molecule has 0 atom stereocenters. The van der Waals surface area contributed by atoms with Crippen LogP contribution in [0.5, 0.6) is 0 Å². The summed E-state index contributed by atoms with van der Waals surface area (Å²) in [5.74, 6) is 1.27. The van der Waals surface area contributed by atoms with Crippen LogP contribution in [-0.4, -0.2) is 9.97 Å². The normalized spacial score (nSPS) is 10.5. The number of rotatable bonds is 4. The molecule has 3 nitrogen and oxygen atoms in total. The lowest BCUT2D eigenvalue weighted by Gasteiger charge is -2.09. The first-order chi connectivity index (χ1) is 9.06. The second-order valence-corrected chi connectivity index (χ2v) is 5.14. The zero-order valence-corrected chi connectivity index (χ0v) is 11.9. The number of thiocarbonyl (C=S) groups is 1. The summed E-state index contributed by atoms with van der Waals surface area (Å²) < 4.78 is 0. The Hall–Kier alpha value is -1.94. The first-order valence-electron chi connectivity index (χ1n) is 6.19. The Morgan fingerprint density at radius 1 is 1.21 bits per heavy atom. The number of nitrogens with two attached hydrogens (primary N) is 1. The molecule has 0 bridgehead atoms. The predicted octanol–water partition coefficient (Wildman–Crippen LogP) is 3.58.